The van der Waals surface area contributed by atoms with Crippen LogP contribution in [0.15, 0.2) is 46.9 Å². The Hall–Kier alpha value is -2.25. The molecular weight excluding hydrogens is 426 g/mol. The van der Waals surface area contributed by atoms with Gasteiger partial charge in [-0.1, -0.05) is 47.5 Å². The molecular formula is C20H22BrN3O2S. The highest BCUT2D eigenvalue weighted by atomic mass is 79.9. The molecule has 0 aliphatic rings. The fourth-order valence-corrected chi connectivity index (χ4v) is 2.91. The Morgan fingerprint density at radius 3 is 2.56 bits per heavy atom. The first-order chi connectivity index (χ1) is 12.9. The molecule has 0 fully saturated rings. The van der Waals surface area contributed by atoms with Crippen LogP contribution in [0.3, 0.4) is 0 Å². The van der Waals surface area contributed by atoms with Gasteiger partial charge in [0.25, 0.3) is 11.8 Å². The van der Waals surface area contributed by atoms with Crippen molar-refractivity contribution in [1.29, 1.82) is 0 Å². The summed E-state index contributed by atoms with van der Waals surface area (Å²) in [5.74, 6) is -0.499. The third-order valence-electron chi connectivity index (χ3n) is 3.90. The monoisotopic (exact) mass is 447 g/mol. The molecule has 2 amide bonds. The lowest BCUT2D eigenvalue weighted by atomic mass is 10.1. The Kier molecular flexibility index (Phi) is 7.94. The van der Waals surface area contributed by atoms with Gasteiger partial charge in [-0.2, -0.15) is 0 Å². The zero-order valence-electron chi connectivity index (χ0n) is 15.3. The van der Waals surface area contributed by atoms with E-state index in [1.807, 2.05) is 13.0 Å². The standard InChI is InChI=1S/C20H22BrN3O2S/c1-3-4-11-22-19(26)15-7-5-6-8-17(15)23-20(27)24-18(25)14-10-9-13(2)16(21)12-14/h5-10,12H,3-4,11H2,1-2H3,(H,22,26)(H2,23,24,25,27). The zero-order chi connectivity index (χ0) is 19.8. The molecule has 0 spiro atoms. The summed E-state index contributed by atoms with van der Waals surface area (Å²) in [5.41, 5.74) is 2.54. The quantitative estimate of drug-likeness (QED) is 0.452. The predicted octanol–water partition coefficient (Wildman–Crippen LogP) is 4.41. The van der Waals surface area contributed by atoms with Crippen LogP contribution in [-0.2, 0) is 0 Å². The molecule has 0 bridgehead atoms. The maximum atomic E-state index is 12.4. The highest BCUT2D eigenvalue weighted by molar-refractivity contribution is 9.10. The second-order valence-electron chi connectivity index (χ2n) is 6.03. The summed E-state index contributed by atoms with van der Waals surface area (Å²) in [5, 5.41) is 8.58. The van der Waals surface area contributed by atoms with Crippen LogP contribution < -0.4 is 16.0 Å². The molecule has 0 saturated heterocycles. The number of anilines is 1. The summed E-state index contributed by atoms with van der Waals surface area (Å²) in [4.78, 5) is 24.7. The van der Waals surface area contributed by atoms with E-state index in [0.717, 1.165) is 22.9 Å². The number of carbonyl (C=O) groups is 2. The Labute approximate surface area is 173 Å². The van der Waals surface area contributed by atoms with Gasteiger partial charge in [-0.15, -0.1) is 0 Å². The largest absolute Gasteiger partial charge is 0.352 e. The molecule has 2 rings (SSSR count). The van der Waals surface area contributed by atoms with Crippen molar-refractivity contribution in [3.8, 4) is 0 Å². The van der Waals surface area contributed by atoms with E-state index < -0.39 is 0 Å². The number of benzene rings is 2. The van der Waals surface area contributed by atoms with Crippen LogP contribution in [0.1, 0.15) is 46.0 Å². The maximum Gasteiger partial charge on any atom is 0.257 e. The third kappa shape index (κ3) is 6.15. The molecule has 0 aliphatic carbocycles. The Balaban J connectivity index is 2.04. The fraction of sp³-hybridized carbons (Fsp3) is 0.250. The van der Waals surface area contributed by atoms with E-state index in [0.29, 0.717) is 23.4 Å². The van der Waals surface area contributed by atoms with Gasteiger partial charge in [-0.3, -0.25) is 14.9 Å². The highest BCUT2D eigenvalue weighted by Gasteiger charge is 2.13. The van der Waals surface area contributed by atoms with Crippen LogP contribution in [0.5, 0.6) is 0 Å². The molecule has 0 aliphatic heterocycles. The number of carbonyl (C=O) groups excluding carboxylic acids is 2. The van der Waals surface area contributed by atoms with Gasteiger partial charge < -0.3 is 10.6 Å². The predicted molar refractivity (Wildman–Crippen MR) is 116 cm³/mol. The van der Waals surface area contributed by atoms with Crippen molar-refractivity contribution in [2.45, 2.75) is 26.7 Å². The minimum Gasteiger partial charge on any atom is -0.352 e. The first-order valence-corrected chi connectivity index (χ1v) is 9.88. The molecule has 142 valence electrons. The van der Waals surface area contributed by atoms with Crippen LogP contribution in [0.25, 0.3) is 0 Å². The van der Waals surface area contributed by atoms with E-state index in [4.69, 9.17) is 12.2 Å². The summed E-state index contributed by atoms with van der Waals surface area (Å²) in [6, 6.07) is 12.4. The number of hydrogen-bond acceptors (Lipinski definition) is 3. The smallest absolute Gasteiger partial charge is 0.257 e. The SMILES string of the molecule is CCCCNC(=O)c1ccccc1NC(=S)NC(=O)c1ccc(C)c(Br)c1. The fourth-order valence-electron chi connectivity index (χ4n) is 2.33. The van der Waals surface area contributed by atoms with Crippen LogP contribution >= 0.6 is 28.1 Å². The van der Waals surface area contributed by atoms with Crippen molar-refractivity contribution in [2.24, 2.45) is 0 Å². The van der Waals surface area contributed by atoms with Crippen molar-refractivity contribution in [3.05, 3.63) is 63.6 Å². The van der Waals surface area contributed by atoms with Crippen molar-refractivity contribution in [3.63, 3.8) is 0 Å². The van der Waals surface area contributed by atoms with E-state index in [-0.39, 0.29) is 16.9 Å². The summed E-state index contributed by atoms with van der Waals surface area (Å²) < 4.78 is 0.850. The zero-order valence-corrected chi connectivity index (χ0v) is 17.7. The van der Waals surface area contributed by atoms with Gasteiger partial charge in [0.15, 0.2) is 5.11 Å². The molecule has 2 aromatic carbocycles. The number of para-hydroxylation sites is 1. The molecule has 5 nitrogen and oxygen atoms in total. The van der Waals surface area contributed by atoms with Gasteiger partial charge in [-0.25, -0.2) is 0 Å². The van der Waals surface area contributed by atoms with Gasteiger partial charge in [0.1, 0.15) is 0 Å². The van der Waals surface area contributed by atoms with Gasteiger partial charge in [-0.05, 0) is 55.4 Å². The van der Waals surface area contributed by atoms with Crippen molar-refractivity contribution >= 4 is 50.8 Å². The lowest BCUT2D eigenvalue weighted by Gasteiger charge is -2.14. The molecule has 0 atom stereocenters. The van der Waals surface area contributed by atoms with E-state index in [9.17, 15) is 9.59 Å². The lowest BCUT2D eigenvalue weighted by molar-refractivity contribution is 0.0952. The molecule has 27 heavy (non-hydrogen) atoms. The van der Waals surface area contributed by atoms with Gasteiger partial charge >= 0.3 is 0 Å². The second-order valence-corrected chi connectivity index (χ2v) is 7.29. The molecule has 0 heterocycles. The summed E-state index contributed by atoms with van der Waals surface area (Å²) >= 11 is 8.65. The van der Waals surface area contributed by atoms with Crippen LogP contribution in [0, 0.1) is 6.92 Å². The molecule has 0 unspecified atom stereocenters. The van der Waals surface area contributed by atoms with E-state index >= 15 is 0 Å². The third-order valence-corrected chi connectivity index (χ3v) is 4.96. The molecule has 0 aromatic heterocycles. The lowest BCUT2D eigenvalue weighted by Crippen LogP contribution is -2.35. The summed E-state index contributed by atoms with van der Waals surface area (Å²) in [6.07, 6.45) is 1.92. The molecule has 2 aromatic rings. The number of unbranched alkanes of at least 4 members (excludes halogenated alkanes) is 1. The van der Waals surface area contributed by atoms with Gasteiger partial charge in [0, 0.05) is 16.6 Å². The van der Waals surface area contributed by atoms with E-state index in [1.54, 1.807) is 36.4 Å². The van der Waals surface area contributed by atoms with Crippen molar-refractivity contribution in [2.75, 3.05) is 11.9 Å². The summed E-state index contributed by atoms with van der Waals surface area (Å²) in [6.45, 7) is 4.63. The number of thiocarbonyl (C=S) groups is 1. The first-order valence-electron chi connectivity index (χ1n) is 8.68. The molecule has 3 N–H and O–H groups in total. The average Bonchev–Trinajstić information content (AvgIpc) is 2.64. The van der Waals surface area contributed by atoms with Crippen molar-refractivity contribution < 1.29 is 9.59 Å². The van der Waals surface area contributed by atoms with Crippen molar-refractivity contribution in [1.82, 2.24) is 10.6 Å². The first kappa shape index (κ1) is 21.1. The topological polar surface area (TPSA) is 70.2 Å². The average molecular weight is 448 g/mol. The second kappa shape index (κ2) is 10.2. The van der Waals surface area contributed by atoms with E-state index in [1.165, 1.54) is 0 Å². The molecule has 7 heteroatoms. The molecule has 0 saturated carbocycles. The molecule has 0 radical (unpaired) electrons. The minimum absolute atomic E-state index is 0.130. The van der Waals surface area contributed by atoms with Gasteiger partial charge in [0.2, 0.25) is 0 Å². The van der Waals surface area contributed by atoms with Gasteiger partial charge in [0.05, 0.1) is 11.3 Å². The number of rotatable bonds is 6. The van der Waals surface area contributed by atoms with Crippen LogP contribution in [-0.4, -0.2) is 23.5 Å². The highest BCUT2D eigenvalue weighted by Crippen LogP contribution is 2.18. The Morgan fingerprint density at radius 2 is 1.85 bits per heavy atom. The number of aryl methyl sites for hydroxylation is 1. The Bertz CT molecular complexity index is 855. The normalized spacial score (nSPS) is 10.2. The summed E-state index contributed by atoms with van der Waals surface area (Å²) in [7, 11) is 0. The number of halogens is 1. The van der Waals surface area contributed by atoms with E-state index in [2.05, 4.69) is 38.8 Å². The maximum absolute atomic E-state index is 12.4. The minimum atomic E-state index is -0.321. The van der Waals surface area contributed by atoms with Crippen LogP contribution in [0.4, 0.5) is 5.69 Å². The number of nitrogens with one attached hydrogen (secondary N) is 3. The number of hydrogen-bond donors (Lipinski definition) is 3. The Morgan fingerprint density at radius 1 is 1.11 bits per heavy atom. The van der Waals surface area contributed by atoms with Crippen LogP contribution in [0.2, 0.25) is 0 Å². The number of amides is 2.